The summed E-state index contributed by atoms with van der Waals surface area (Å²) >= 11 is 0. The molecule has 0 aromatic heterocycles. The fourth-order valence-corrected chi connectivity index (χ4v) is 2.54. The van der Waals surface area contributed by atoms with Crippen LogP contribution in [0.3, 0.4) is 0 Å². The lowest BCUT2D eigenvalue weighted by molar-refractivity contribution is -0.122. The molecule has 0 spiro atoms. The van der Waals surface area contributed by atoms with Gasteiger partial charge in [0.15, 0.2) is 0 Å². The third-order valence-electron chi connectivity index (χ3n) is 3.87. The van der Waals surface area contributed by atoms with Crippen molar-refractivity contribution in [2.24, 2.45) is 0 Å². The average Bonchev–Trinajstić information content (AvgIpc) is 2.61. The first-order valence-electron chi connectivity index (χ1n) is 8.24. The summed E-state index contributed by atoms with van der Waals surface area (Å²) in [5.74, 6) is 2.13. The van der Waals surface area contributed by atoms with Crippen molar-refractivity contribution in [3.63, 3.8) is 0 Å². The molecule has 2 rings (SSSR count). The number of carbonyl (C=O) groups excluding carboxylic acids is 1. The Balaban J connectivity index is 1.89. The van der Waals surface area contributed by atoms with E-state index in [9.17, 15) is 4.79 Å². The molecule has 25 heavy (non-hydrogen) atoms. The Kier molecular flexibility index (Phi) is 6.69. The molecule has 2 aromatic carbocycles. The van der Waals surface area contributed by atoms with Crippen LogP contribution in [-0.2, 0) is 4.79 Å². The van der Waals surface area contributed by atoms with Gasteiger partial charge in [0.2, 0.25) is 5.91 Å². The van der Waals surface area contributed by atoms with Crippen molar-refractivity contribution in [1.82, 2.24) is 5.32 Å². The summed E-state index contributed by atoms with van der Waals surface area (Å²) in [6, 6.07) is 13.1. The molecule has 2 aromatic rings. The minimum Gasteiger partial charge on any atom is -0.497 e. The molecule has 134 valence electrons. The minimum absolute atomic E-state index is 0.0787. The maximum Gasteiger partial charge on any atom is 0.223 e. The lowest BCUT2D eigenvalue weighted by Gasteiger charge is -2.18. The second kappa shape index (κ2) is 8.97. The Labute approximate surface area is 148 Å². The molecule has 0 fully saturated rings. The Morgan fingerprint density at radius 3 is 2.56 bits per heavy atom. The smallest absolute Gasteiger partial charge is 0.223 e. The second-order valence-corrected chi connectivity index (χ2v) is 5.81. The van der Waals surface area contributed by atoms with Crippen LogP contribution in [0.25, 0.3) is 0 Å². The number of nitrogens with one attached hydrogen (secondary N) is 1. The van der Waals surface area contributed by atoms with Crippen LogP contribution in [0.2, 0.25) is 0 Å². The van der Waals surface area contributed by atoms with Gasteiger partial charge in [-0.25, -0.2) is 0 Å². The molecule has 0 saturated carbocycles. The van der Waals surface area contributed by atoms with Crippen molar-refractivity contribution in [3.05, 3.63) is 53.6 Å². The molecule has 0 aliphatic rings. The average molecular weight is 343 g/mol. The molecule has 0 radical (unpaired) electrons. The molecule has 1 N–H and O–H groups in total. The van der Waals surface area contributed by atoms with Gasteiger partial charge in [-0.1, -0.05) is 12.1 Å². The number of carbonyl (C=O) groups is 1. The summed E-state index contributed by atoms with van der Waals surface area (Å²) < 4.78 is 16.2. The first kappa shape index (κ1) is 18.6. The van der Waals surface area contributed by atoms with Crippen molar-refractivity contribution < 1.29 is 19.0 Å². The molecule has 0 aliphatic heterocycles. The maximum absolute atomic E-state index is 12.2. The van der Waals surface area contributed by atoms with Gasteiger partial charge in [0, 0.05) is 5.56 Å². The summed E-state index contributed by atoms with van der Waals surface area (Å²) in [6.07, 6.45) is 0.282. The van der Waals surface area contributed by atoms with Crippen LogP contribution in [0, 0.1) is 6.92 Å². The lowest BCUT2D eigenvalue weighted by atomic mass is 10.1. The largest absolute Gasteiger partial charge is 0.497 e. The fraction of sp³-hybridized carbons (Fsp3) is 0.350. The highest BCUT2D eigenvalue weighted by atomic mass is 16.5. The van der Waals surface area contributed by atoms with Gasteiger partial charge in [-0.15, -0.1) is 0 Å². The van der Waals surface area contributed by atoms with Gasteiger partial charge in [0.05, 0.1) is 33.3 Å². The third kappa shape index (κ3) is 5.41. The standard InChI is InChI=1S/C20H25NO4/c1-14-6-5-7-17(12-14)25-11-10-20(22)21-15(2)18-13-16(23-3)8-9-19(18)24-4/h5-9,12-13,15H,10-11H2,1-4H3,(H,21,22)/t15-/m1/s1. The van der Waals surface area contributed by atoms with Crippen molar-refractivity contribution >= 4 is 5.91 Å². The van der Waals surface area contributed by atoms with Gasteiger partial charge in [-0.2, -0.15) is 0 Å². The number of amides is 1. The molecule has 1 atom stereocenters. The molecule has 0 aliphatic carbocycles. The maximum atomic E-state index is 12.2. The number of methoxy groups -OCH3 is 2. The van der Waals surface area contributed by atoms with Gasteiger partial charge in [0.25, 0.3) is 0 Å². The molecule has 5 nitrogen and oxygen atoms in total. The monoisotopic (exact) mass is 343 g/mol. The second-order valence-electron chi connectivity index (χ2n) is 5.81. The highest BCUT2D eigenvalue weighted by Gasteiger charge is 2.15. The first-order valence-corrected chi connectivity index (χ1v) is 8.24. The van der Waals surface area contributed by atoms with E-state index in [4.69, 9.17) is 14.2 Å². The van der Waals surface area contributed by atoms with Crippen molar-refractivity contribution in [2.45, 2.75) is 26.3 Å². The molecule has 5 heteroatoms. The van der Waals surface area contributed by atoms with E-state index < -0.39 is 0 Å². The van der Waals surface area contributed by atoms with Crippen LogP contribution in [0.4, 0.5) is 0 Å². The van der Waals surface area contributed by atoms with Gasteiger partial charge >= 0.3 is 0 Å². The molecule has 0 heterocycles. The van der Waals surface area contributed by atoms with E-state index in [2.05, 4.69) is 5.32 Å². The van der Waals surface area contributed by atoms with E-state index in [-0.39, 0.29) is 18.4 Å². The van der Waals surface area contributed by atoms with Gasteiger partial charge < -0.3 is 19.5 Å². The molecular weight excluding hydrogens is 318 g/mol. The van der Waals surface area contributed by atoms with Crippen LogP contribution in [0.1, 0.15) is 30.5 Å². The van der Waals surface area contributed by atoms with Crippen LogP contribution in [0.5, 0.6) is 17.2 Å². The Morgan fingerprint density at radius 1 is 1.08 bits per heavy atom. The predicted molar refractivity (Wildman–Crippen MR) is 97.4 cm³/mol. The highest BCUT2D eigenvalue weighted by Crippen LogP contribution is 2.29. The summed E-state index contributed by atoms with van der Waals surface area (Å²) in [4.78, 5) is 12.2. The summed E-state index contributed by atoms with van der Waals surface area (Å²) in [5.41, 5.74) is 2.00. The van der Waals surface area contributed by atoms with Gasteiger partial charge in [-0.05, 0) is 49.7 Å². The van der Waals surface area contributed by atoms with E-state index in [1.807, 2.05) is 56.3 Å². The predicted octanol–water partition coefficient (Wildman–Crippen LogP) is 3.66. The molecular formula is C20H25NO4. The van der Waals surface area contributed by atoms with E-state index in [0.717, 1.165) is 22.6 Å². The van der Waals surface area contributed by atoms with Crippen molar-refractivity contribution in [2.75, 3.05) is 20.8 Å². The number of aryl methyl sites for hydroxylation is 1. The molecule has 0 unspecified atom stereocenters. The van der Waals surface area contributed by atoms with Crippen molar-refractivity contribution in [3.8, 4) is 17.2 Å². The zero-order chi connectivity index (χ0) is 18.2. The van der Waals surface area contributed by atoms with Crippen LogP contribution >= 0.6 is 0 Å². The van der Waals surface area contributed by atoms with Crippen molar-refractivity contribution in [1.29, 1.82) is 0 Å². The number of ether oxygens (including phenoxy) is 3. The Bertz CT molecular complexity index is 715. The first-order chi connectivity index (χ1) is 12.0. The zero-order valence-corrected chi connectivity index (χ0v) is 15.2. The fourth-order valence-electron chi connectivity index (χ4n) is 2.54. The van der Waals surface area contributed by atoms with E-state index in [0.29, 0.717) is 12.4 Å². The lowest BCUT2D eigenvalue weighted by Crippen LogP contribution is -2.28. The number of rotatable bonds is 8. The molecule has 0 saturated heterocycles. The Morgan fingerprint density at radius 2 is 1.88 bits per heavy atom. The van der Waals surface area contributed by atoms with Crippen LogP contribution < -0.4 is 19.5 Å². The van der Waals surface area contributed by atoms with E-state index >= 15 is 0 Å². The minimum atomic E-state index is -0.198. The topological polar surface area (TPSA) is 56.8 Å². The third-order valence-corrected chi connectivity index (χ3v) is 3.87. The number of benzene rings is 2. The van der Waals surface area contributed by atoms with E-state index in [1.165, 1.54) is 0 Å². The normalized spacial score (nSPS) is 11.5. The van der Waals surface area contributed by atoms with Crippen LogP contribution in [0.15, 0.2) is 42.5 Å². The number of hydrogen-bond acceptors (Lipinski definition) is 4. The summed E-state index contributed by atoms with van der Waals surface area (Å²) in [5, 5.41) is 2.97. The summed E-state index contributed by atoms with van der Waals surface area (Å²) in [6.45, 7) is 4.25. The SMILES string of the molecule is COc1ccc(OC)c([C@@H](C)NC(=O)CCOc2cccc(C)c2)c1. The quantitative estimate of drug-likeness (QED) is 0.795. The molecule has 0 bridgehead atoms. The Hall–Kier alpha value is -2.69. The highest BCUT2D eigenvalue weighted by molar-refractivity contribution is 5.76. The van der Waals surface area contributed by atoms with Crippen LogP contribution in [-0.4, -0.2) is 26.7 Å². The zero-order valence-electron chi connectivity index (χ0n) is 15.2. The molecule has 1 amide bonds. The van der Waals surface area contributed by atoms with Gasteiger partial charge in [-0.3, -0.25) is 4.79 Å². The van der Waals surface area contributed by atoms with Gasteiger partial charge in [0.1, 0.15) is 17.2 Å². The summed E-state index contributed by atoms with van der Waals surface area (Å²) in [7, 11) is 3.22. The number of hydrogen-bond donors (Lipinski definition) is 1. The van der Waals surface area contributed by atoms with E-state index in [1.54, 1.807) is 14.2 Å².